The summed E-state index contributed by atoms with van der Waals surface area (Å²) in [7, 11) is 1.67. The average Bonchev–Trinajstić information content (AvgIpc) is 3.02. The molecule has 1 heterocycles. The van der Waals surface area contributed by atoms with E-state index in [0.717, 1.165) is 17.5 Å². The van der Waals surface area contributed by atoms with Gasteiger partial charge in [-0.3, -0.25) is 0 Å². The van der Waals surface area contributed by atoms with Crippen LogP contribution in [-0.2, 0) is 0 Å². The van der Waals surface area contributed by atoms with Crippen molar-refractivity contribution < 1.29 is 4.74 Å². The van der Waals surface area contributed by atoms with Crippen molar-refractivity contribution in [1.82, 2.24) is 4.98 Å². The zero-order valence-electron chi connectivity index (χ0n) is 8.66. The Balaban J connectivity index is 2.06. The highest BCUT2D eigenvalue weighted by atomic mass is 16.5. The monoisotopic (exact) mass is 192 g/mol. The minimum atomic E-state index is 0.499. The fourth-order valence-corrected chi connectivity index (χ4v) is 1.59. The van der Waals surface area contributed by atoms with Crippen LogP contribution < -0.4 is 10.1 Å². The van der Waals surface area contributed by atoms with E-state index in [2.05, 4.69) is 17.2 Å². The Kier molecular flexibility index (Phi) is 2.57. The molecule has 0 radical (unpaired) electrons. The molecule has 1 aromatic heterocycles. The van der Waals surface area contributed by atoms with Crippen LogP contribution >= 0.6 is 0 Å². The third kappa shape index (κ3) is 1.97. The van der Waals surface area contributed by atoms with Gasteiger partial charge >= 0.3 is 0 Å². The van der Waals surface area contributed by atoms with Crippen molar-refractivity contribution >= 4 is 5.82 Å². The summed E-state index contributed by atoms with van der Waals surface area (Å²) in [4.78, 5) is 4.26. The molecule has 3 heteroatoms. The molecule has 3 nitrogen and oxygen atoms in total. The molecule has 0 amide bonds. The van der Waals surface area contributed by atoms with E-state index in [1.54, 1.807) is 13.3 Å². The van der Waals surface area contributed by atoms with Crippen LogP contribution in [0.15, 0.2) is 18.3 Å². The van der Waals surface area contributed by atoms with E-state index in [-0.39, 0.29) is 0 Å². The molecule has 1 fully saturated rings. The van der Waals surface area contributed by atoms with Gasteiger partial charge < -0.3 is 10.1 Å². The zero-order chi connectivity index (χ0) is 9.97. The highest BCUT2D eigenvalue weighted by Gasteiger charge is 2.28. The van der Waals surface area contributed by atoms with E-state index >= 15 is 0 Å². The average molecular weight is 192 g/mol. The molecule has 14 heavy (non-hydrogen) atoms. The maximum atomic E-state index is 5.22. The summed E-state index contributed by atoms with van der Waals surface area (Å²) >= 11 is 0. The van der Waals surface area contributed by atoms with Gasteiger partial charge in [-0.15, -0.1) is 0 Å². The Morgan fingerprint density at radius 1 is 1.57 bits per heavy atom. The van der Waals surface area contributed by atoms with Crippen molar-refractivity contribution in [1.29, 1.82) is 0 Å². The van der Waals surface area contributed by atoms with Gasteiger partial charge in [0.2, 0.25) is 0 Å². The van der Waals surface area contributed by atoms with E-state index in [4.69, 9.17) is 4.74 Å². The van der Waals surface area contributed by atoms with Gasteiger partial charge in [0.05, 0.1) is 7.11 Å². The summed E-state index contributed by atoms with van der Waals surface area (Å²) in [6.45, 7) is 2.20. The van der Waals surface area contributed by atoms with Crippen LogP contribution in [0.3, 0.4) is 0 Å². The standard InChI is InChI=1S/C11H16N2O/c1-8(9-5-6-9)13-11-10(14-2)4-3-7-12-11/h3-4,7-9H,5-6H2,1-2H3,(H,12,13). The first-order valence-corrected chi connectivity index (χ1v) is 5.07. The van der Waals surface area contributed by atoms with Gasteiger partial charge in [-0.2, -0.15) is 0 Å². The molecular weight excluding hydrogens is 176 g/mol. The van der Waals surface area contributed by atoms with Gasteiger partial charge in [0.1, 0.15) is 0 Å². The van der Waals surface area contributed by atoms with Crippen molar-refractivity contribution in [2.45, 2.75) is 25.8 Å². The fraction of sp³-hybridized carbons (Fsp3) is 0.545. The normalized spacial score (nSPS) is 17.6. The van der Waals surface area contributed by atoms with E-state index in [9.17, 15) is 0 Å². The van der Waals surface area contributed by atoms with Gasteiger partial charge in [0.15, 0.2) is 11.6 Å². The SMILES string of the molecule is COc1cccnc1NC(C)C1CC1. The summed E-state index contributed by atoms with van der Waals surface area (Å²) in [5.74, 6) is 2.50. The molecule has 1 saturated carbocycles. The molecule has 0 spiro atoms. The lowest BCUT2D eigenvalue weighted by molar-refractivity contribution is 0.414. The molecule has 76 valence electrons. The van der Waals surface area contributed by atoms with Gasteiger partial charge in [0, 0.05) is 12.2 Å². The molecule has 0 saturated heterocycles. The molecule has 1 aliphatic rings. The molecule has 0 aromatic carbocycles. The van der Waals surface area contributed by atoms with E-state index < -0.39 is 0 Å². The Morgan fingerprint density at radius 2 is 2.36 bits per heavy atom. The molecule has 1 N–H and O–H groups in total. The van der Waals surface area contributed by atoms with Crippen LogP contribution in [0.5, 0.6) is 5.75 Å². The minimum Gasteiger partial charge on any atom is -0.493 e. The van der Waals surface area contributed by atoms with Crippen molar-refractivity contribution in [3.05, 3.63) is 18.3 Å². The third-order valence-electron chi connectivity index (χ3n) is 2.68. The van der Waals surface area contributed by atoms with Crippen LogP contribution in [0.4, 0.5) is 5.82 Å². The van der Waals surface area contributed by atoms with Crippen molar-refractivity contribution in [2.75, 3.05) is 12.4 Å². The third-order valence-corrected chi connectivity index (χ3v) is 2.68. The Morgan fingerprint density at radius 3 is 3.00 bits per heavy atom. The smallest absolute Gasteiger partial charge is 0.168 e. The maximum absolute atomic E-state index is 5.22. The highest BCUT2D eigenvalue weighted by molar-refractivity contribution is 5.50. The molecule has 0 aliphatic heterocycles. The maximum Gasteiger partial charge on any atom is 0.168 e. The number of nitrogens with one attached hydrogen (secondary N) is 1. The van der Waals surface area contributed by atoms with Gasteiger partial charge in [-0.05, 0) is 37.8 Å². The quantitative estimate of drug-likeness (QED) is 0.794. The van der Waals surface area contributed by atoms with Crippen LogP contribution in [0.1, 0.15) is 19.8 Å². The number of nitrogens with zero attached hydrogens (tertiary/aromatic N) is 1. The van der Waals surface area contributed by atoms with E-state index in [1.807, 2.05) is 12.1 Å². The van der Waals surface area contributed by atoms with Crippen LogP contribution in [0, 0.1) is 5.92 Å². The lowest BCUT2D eigenvalue weighted by atomic mass is 10.2. The van der Waals surface area contributed by atoms with Gasteiger partial charge in [-0.25, -0.2) is 4.98 Å². The summed E-state index contributed by atoms with van der Waals surface area (Å²) < 4.78 is 5.22. The lowest BCUT2D eigenvalue weighted by Crippen LogP contribution is -2.18. The van der Waals surface area contributed by atoms with Gasteiger partial charge in [-0.1, -0.05) is 0 Å². The second kappa shape index (κ2) is 3.86. The second-order valence-electron chi connectivity index (χ2n) is 3.82. The molecule has 1 atom stereocenters. The van der Waals surface area contributed by atoms with Crippen molar-refractivity contribution in [3.8, 4) is 5.75 Å². The summed E-state index contributed by atoms with van der Waals surface area (Å²) in [5.41, 5.74) is 0. The van der Waals surface area contributed by atoms with Gasteiger partial charge in [0.25, 0.3) is 0 Å². The largest absolute Gasteiger partial charge is 0.493 e. The second-order valence-corrected chi connectivity index (χ2v) is 3.82. The number of rotatable bonds is 4. The van der Waals surface area contributed by atoms with Crippen molar-refractivity contribution in [2.24, 2.45) is 5.92 Å². The Labute approximate surface area is 84.5 Å². The molecular formula is C11H16N2O. The summed E-state index contributed by atoms with van der Waals surface area (Å²) in [6, 6.07) is 4.31. The van der Waals surface area contributed by atoms with Crippen LogP contribution in [0.2, 0.25) is 0 Å². The zero-order valence-corrected chi connectivity index (χ0v) is 8.66. The van der Waals surface area contributed by atoms with Crippen LogP contribution in [-0.4, -0.2) is 18.1 Å². The highest BCUT2D eigenvalue weighted by Crippen LogP contribution is 2.34. The molecule has 1 aliphatic carbocycles. The number of anilines is 1. The predicted octanol–water partition coefficient (Wildman–Crippen LogP) is 2.30. The Bertz CT molecular complexity index is 310. The number of aromatic nitrogens is 1. The topological polar surface area (TPSA) is 34.1 Å². The first-order chi connectivity index (χ1) is 6.81. The van der Waals surface area contributed by atoms with E-state index in [1.165, 1.54) is 12.8 Å². The molecule has 1 unspecified atom stereocenters. The predicted molar refractivity (Wildman–Crippen MR) is 56.6 cm³/mol. The lowest BCUT2D eigenvalue weighted by Gasteiger charge is -2.15. The number of hydrogen-bond donors (Lipinski definition) is 1. The first-order valence-electron chi connectivity index (χ1n) is 5.07. The fourth-order valence-electron chi connectivity index (χ4n) is 1.59. The first kappa shape index (κ1) is 9.31. The molecule has 1 aromatic rings. The molecule has 0 bridgehead atoms. The van der Waals surface area contributed by atoms with Crippen LogP contribution in [0.25, 0.3) is 0 Å². The summed E-state index contributed by atoms with van der Waals surface area (Å²) in [5, 5.41) is 3.39. The molecule has 2 rings (SSSR count). The number of hydrogen-bond acceptors (Lipinski definition) is 3. The summed E-state index contributed by atoms with van der Waals surface area (Å²) in [6.07, 6.45) is 4.46. The minimum absolute atomic E-state index is 0.499. The van der Waals surface area contributed by atoms with Crippen molar-refractivity contribution in [3.63, 3.8) is 0 Å². The number of pyridine rings is 1. The Hall–Kier alpha value is -1.25. The number of ether oxygens (including phenoxy) is 1. The number of methoxy groups -OCH3 is 1. The van der Waals surface area contributed by atoms with E-state index in [0.29, 0.717) is 6.04 Å².